The first-order chi connectivity index (χ1) is 9.09. The SMILES string of the molecule is O=S(=O)(Cc1ccc(CO)cc1)NCC1CCOC1. The normalized spacial score (nSPS) is 19.7. The maximum Gasteiger partial charge on any atom is 0.215 e. The van der Waals surface area contributed by atoms with E-state index in [1.807, 2.05) is 0 Å². The lowest BCUT2D eigenvalue weighted by atomic mass is 10.1. The van der Waals surface area contributed by atoms with Crippen LogP contribution in [0.1, 0.15) is 17.5 Å². The highest BCUT2D eigenvalue weighted by Crippen LogP contribution is 2.12. The minimum atomic E-state index is -3.31. The molecule has 1 aromatic carbocycles. The first-order valence-corrected chi connectivity index (χ1v) is 7.98. The third kappa shape index (κ3) is 4.58. The molecular formula is C13H19NO4S. The zero-order valence-corrected chi connectivity index (χ0v) is 11.5. The number of hydrogen-bond acceptors (Lipinski definition) is 4. The Kier molecular flexibility index (Phi) is 4.93. The first kappa shape index (κ1) is 14.5. The Morgan fingerprint density at radius 1 is 1.26 bits per heavy atom. The number of aliphatic hydroxyl groups is 1. The Balaban J connectivity index is 1.88. The molecule has 0 aromatic heterocycles. The van der Waals surface area contributed by atoms with Crippen molar-refractivity contribution < 1.29 is 18.3 Å². The van der Waals surface area contributed by atoms with E-state index in [1.54, 1.807) is 24.3 Å². The highest BCUT2D eigenvalue weighted by Gasteiger charge is 2.19. The van der Waals surface area contributed by atoms with Crippen LogP contribution in [0.3, 0.4) is 0 Å². The predicted octanol–water partition coefficient (Wildman–Crippen LogP) is 0.635. The lowest BCUT2D eigenvalue weighted by Crippen LogP contribution is -2.30. The van der Waals surface area contributed by atoms with Crippen LogP contribution in [0.5, 0.6) is 0 Å². The van der Waals surface area contributed by atoms with Gasteiger partial charge in [0.25, 0.3) is 0 Å². The molecule has 1 heterocycles. The Morgan fingerprint density at radius 3 is 2.53 bits per heavy atom. The number of aliphatic hydroxyl groups excluding tert-OH is 1. The number of sulfonamides is 1. The Bertz CT molecular complexity index is 492. The highest BCUT2D eigenvalue weighted by atomic mass is 32.2. The van der Waals surface area contributed by atoms with E-state index in [9.17, 15) is 8.42 Å². The third-order valence-electron chi connectivity index (χ3n) is 3.18. The van der Waals surface area contributed by atoms with Crippen molar-refractivity contribution in [1.82, 2.24) is 4.72 Å². The molecule has 0 amide bonds. The maximum atomic E-state index is 11.9. The molecule has 1 aliphatic heterocycles. The fourth-order valence-electron chi connectivity index (χ4n) is 2.00. The molecule has 1 saturated heterocycles. The molecule has 106 valence electrons. The van der Waals surface area contributed by atoms with Gasteiger partial charge in [-0.1, -0.05) is 24.3 Å². The Labute approximate surface area is 113 Å². The van der Waals surface area contributed by atoms with Crippen LogP contribution in [0, 0.1) is 5.92 Å². The van der Waals surface area contributed by atoms with Crippen LogP contribution in [-0.2, 0) is 27.1 Å². The molecule has 0 bridgehead atoms. The summed E-state index contributed by atoms with van der Waals surface area (Å²) in [6, 6.07) is 6.91. The zero-order valence-electron chi connectivity index (χ0n) is 10.7. The van der Waals surface area contributed by atoms with E-state index in [1.165, 1.54) is 0 Å². The molecule has 2 rings (SSSR count). The number of nitrogens with one attached hydrogen (secondary N) is 1. The summed E-state index contributed by atoms with van der Waals surface area (Å²) in [4.78, 5) is 0. The summed E-state index contributed by atoms with van der Waals surface area (Å²) >= 11 is 0. The van der Waals surface area contributed by atoms with Crippen LogP contribution in [0.15, 0.2) is 24.3 Å². The highest BCUT2D eigenvalue weighted by molar-refractivity contribution is 7.88. The van der Waals surface area contributed by atoms with E-state index in [2.05, 4.69) is 4.72 Å². The molecule has 1 aromatic rings. The van der Waals surface area contributed by atoms with Gasteiger partial charge in [0.05, 0.1) is 19.0 Å². The van der Waals surface area contributed by atoms with Gasteiger partial charge in [0.2, 0.25) is 10.0 Å². The molecule has 1 atom stereocenters. The van der Waals surface area contributed by atoms with Gasteiger partial charge in [0.1, 0.15) is 0 Å². The number of rotatable bonds is 6. The average Bonchev–Trinajstić information content (AvgIpc) is 2.90. The van der Waals surface area contributed by atoms with Crippen LogP contribution < -0.4 is 4.72 Å². The van der Waals surface area contributed by atoms with Gasteiger partial charge in [-0.05, 0) is 23.5 Å². The van der Waals surface area contributed by atoms with Crippen molar-refractivity contribution in [3.05, 3.63) is 35.4 Å². The average molecular weight is 285 g/mol. The molecule has 1 fully saturated rings. The van der Waals surface area contributed by atoms with Crippen LogP contribution in [0.25, 0.3) is 0 Å². The van der Waals surface area contributed by atoms with Gasteiger partial charge in [0, 0.05) is 13.2 Å². The van der Waals surface area contributed by atoms with Gasteiger partial charge in [-0.15, -0.1) is 0 Å². The van der Waals surface area contributed by atoms with Crippen molar-refractivity contribution >= 4 is 10.0 Å². The number of hydrogen-bond donors (Lipinski definition) is 2. The molecule has 1 unspecified atom stereocenters. The second kappa shape index (κ2) is 6.47. The van der Waals surface area contributed by atoms with E-state index in [-0.39, 0.29) is 18.3 Å². The molecule has 1 aliphatic rings. The number of benzene rings is 1. The van der Waals surface area contributed by atoms with Crippen LogP contribution in [0.2, 0.25) is 0 Å². The molecule has 0 spiro atoms. The van der Waals surface area contributed by atoms with Crippen LogP contribution >= 0.6 is 0 Å². The standard InChI is InChI=1S/C13H19NO4S/c15-8-11-1-3-12(4-2-11)10-19(16,17)14-7-13-5-6-18-9-13/h1-4,13-15H,5-10H2. The quantitative estimate of drug-likeness (QED) is 0.804. The molecule has 19 heavy (non-hydrogen) atoms. The summed E-state index contributed by atoms with van der Waals surface area (Å²) in [5, 5.41) is 8.92. The summed E-state index contributed by atoms with van der Waals surface area (Å²) in [5.74, 6) is 0.248. The molecule has 5 nitrogen and oxygen atoms in total. The van der Waals surface area contributed by atoms with Gasteiger partial charge in [-0.2, -0.15) is 0 Å². The van der Waals surface area contributed by atoms with Crippen molar-refractivity contribution in [2.45, 2.75) is 18.8 Å². The molecular weight excluding hydrogens is 266 g/mol. The fourth-order valence-corrected chi connectivity index (χ4v) is 3.22. The van der Waals surface area contributed by atoms with Crippen LogP contribution in [0.4, 0.5) is 0 Å². The second-order valence-corrected chi connectivity index (χ2v) is 6.62. The molecule has 0 radical (unpaired) electrons. The Hall–Kier alpha value is -0.950. The van der Waals surface area contributed by atoms with Crippen molar-refractivity contribution in [2.24, 2.45) is 5.92 Å². The fraction of sp³-hybridized carbons (Fsp3) is 0.538. The van der Waals surface area contributed by atoms with E-state index >= 15 is 0 Å². The van der Waals surface area contributed by atoms with E-state index < -0.39 is 10.0 Å². The largest absolute Gasteiger partial charge is 0.392 e. The van der Waals surface area contributed by atoms with Gasteiger partial charge in [0.15, 0.2) is 0 Å². The summed E-state index contributed by atoms with van der Waals surface area (Å²) in [6.45, 7) is 1.76. The smallest absolute Gasteiger partial charge is 0.215 e. The lowest BCUT2D eigenvalue weighted by molar-refractivity contribution is 0.186. The monoisotopic (exact) mass is 285 g/mol. The number of ether oxygens (including phenoxy) is 1. The van der Waals surface area contributed by atoms with Crippen molar-refractivity contribution in [3.8, 4) is 0 Å². The van der Waals surface area contributed by atoms with Crippen molar-refractivity contribution in [3.63, 3.8) is 0 Å². The predicted molar refractivity (Wildman–Crippen MR) is 71.9 cm³/mol. The summed E-state index contributed by atoms with van der Waals surface area (Å²) in [7, 11) is -3.31. The molecule has 0 saturated carbocycles. The summed E-state index contributed by atoms with van der Waals surface area (Å²) < 4.78 is 31.6. The van der Waals surface area contributed by atoms with Gasteiger partial charge in [-0.25, -0.2) is 13.1 Å². The zero-order chi connectivity index (χ0) is 13.7. The van der Waals surface area contributed by atoms with Crippen molar-refractivity contribution in [2.75, 3.05) is 19.8 Å². The van der Waals surface area contributed by atoms with Crippen LogP contribution in [-0.4, -0.2) is 33.3 Å². The van der Waals surface area contributed by atoms with Gasteiger partial charge >= 0.3 is 0 Å². The minimum Gasteiger partial charge on any atom is -0.392 e. The van der Waals surface area contributed by atoms with Gasteiger partial charge < -0.3 is 9.84 Å². The Morgan fingerprint density at radius 2 is 1.95 bits per heavy atom. The molecule has 6 heteroatoms. The molecule has 0 aliphatic carbocycles. The lowest BCUT2D eigenvalue weighted by Gasteiger charge is -2.10. The van der Waals surface area contributed by atoms with E-state index in [0.717, 1.165) is 18.6 Å². The topological polar surface area (TPSA) is 75.6 Å². The minimum absolute atomic E-state index is 0.0348. The summed E-state index contributed by atoms with van der Waals surface area (Å²) in [6.07, 6.45) is 0.910. The van der Waals surface area contributed by atoms with E-state index in [0.29, 0.717) is 18.7 Å². The second-order valence-electron chi connectivity index (χ2n) is 4.81. The van der Waals surface area contributed by atoms with E-state index in [4.69, 9.17) is 9.84 Å². The molecule has 2 N–H and O–H groups in total. The summed E-state index contributed by atoms with van der Waals surface area (Å²) in [5.41, 5.74) is 1.49. The van der Waals surface area contributed by atoms with Crippen molar-refractivity contribution in [1.29, 1.82) is 0 Å². The third-order valence-corrected chi connectivity index (χ3v) is 4.50. The first-order valence-electron chi connectivity index (χ1n) is 6.33. The van der Waals surface area contributed by atoms with Gasteiger partial charge in [-0.3, -0.25) is 0 Å². The maximum absolute atomic E-state index is 11.9.